The molecule has 1 saturated heterocycles. The number of aryl methyl sites for hydroxylation is 1. The van der Waals surface area contributed by atoms with Gasteiger partial charge in [-0.1, -0.05) is 60.2 Å². The average molecular weight is 477 g/mol. The number of nitrogens with two attached hydrogens (primary N) is 1. The number of carbonyl (C=O) groups excluding carboxylic acids is 2. The van der Waals surface area contributed by atoms with Crippen molar-refractivity contribution in [2.75, 3.05) is 13.1 Å². The molecule has 1 heterocycles. The predicted octanol–water partition coefficient (Wildman–Crippen LogP) is 3.42. The lowest BCUT2D eigenvalue weighted by atomic mass is 9.91. The molecule has 2 fully saturated rings. The van der Waals surface area contributed by atoms with Crippen molar-refractivity contribution in [3.8, 4) is 0 Å². The molecular weight excluding hydrogens is 436 g/mol. The monoisotopic (exact) mass is 476 g/mol. The Morgan fingerprint density at radius 3 is 2.34 bits per heavy atom. The number of hydrogen-bond donors (Lipinski definition) is 2. The van der Waals surface area contributed by atoms with Gasteiger partial charge in [0.2, 0.25) is 11.8 Å². The van der Waals surface area contributed by atoms with Crippen molar-refractivity contribution < 1.29 is 9.59 Å². The van der Waals surface area contributed by atoms with Crippen LogP contribution < -0.4 is 11.1 Å². The number of carbonyl (C=O) groups is 2. The van der Waals surface area contributed by atoms with Crippen LogP contribution in [0, 0.1) is 6.92 Å². The molecule has 0 aromatic heterocycles. The van der Waals surface area contributed by atoms with Crippen molar-refractivity contribution in [3.05, 3.63) is 71.3 Å². The second-order valence-corrected chi connectivity index (χ2v) is 10.4. The molecule has 6 nitrogen and oxygen atoms in total. The van der Waals surface area contributed by atoms with Gasteiger partial charge in [-0.2, -0.15) is 0 Å². The molecular formula is C29H40N4O2. The number of nitrogens with one attached hydrogen (secondary N) is 1. The van der Waals surface area contributed by atoms with E-state index in [1.165, 1.54) is 16.7 Å². The summed E-state index contributed by atoms with van der Waals surface area (Å²) in [6.07, 6.45) is 5.32. The van der Waals surface area contributed by atoms with Gasteiger partial charge in [0.1, 0.15) is 6.04 Å². The number of benzene rings is 2. The average Bonchev–Trinajstić information content (AvgIpc) is 3.31. The Labute approximate surface area is 209 Å². The van der Waals surface area contributed by atoms with Gasteiger partial charge in [0, 0.05) is 44.7 Å². The highest BCUT2D eigenvalue weighted by Crippen LogP contribution is 2.26. The van der Waals surface area contributed by atoms with Gasteiger partial charge in [0.15, 0.2) is 0 Å². The predicted molar refractivity (Wildman–Crippen MR) is 140 cm³/mol. The largest absolute Gasteiger partial charge is 0.352 e. The molecule has 35 heavy (non-hydrogen) atoms. The summed E-state index contributed by atoms with van der Waals surface area (Å²) in [5, 5.41) is 3.23. The molecule has 1 saturated carbocycles. The van der Waals surface area contributed by atoms with Crippen LogP contribution in [0.25, 0.3) is 0 Å². The highest BCUT2D eigenvalue weighted by molar-refractivity contribution is 5.87. The van der Waals surface area contributed by atoms with Gasteiger partial charge in [-0.05, 0) is 56.6 Å². The summed E-state index contributed by atoms with van der Waals surface area (Å²) in [6.45, 7) is 5.95. The summed E-state index contributed by atoms with van der Waals surface area (Å²) in [5.41, 5.74) is 9.83. The Balaban J connectivity index is 1.47. The number of amides is 2. The van der Waals surface area contributed by atoms with Crippen LogP contribution >= 0.6 is 0 Å². The molecule has 1 aliphatic carbocycles. The van der Waals surface area contributed by atoms with Crippen LogP contribution in [0.15, 0.2) is 54.6 Å². The first-order valence-electron chi connectivity index (χ1n) is 13.1. The zero-order valence-corrected chi connectivity index (χ0v) is 21.2. The third kappa shape index (κ3) is 6.92. The van der Waals surface area contributed by atoms with E-state index in [1.54, 1.807) is 11.8 Å². The number of hydrogen-bond acceptors (Lipinski definition) is 4. The van der Waals surface area contributed by atoms with Crippen molar-refractivity contribution >= 4 is 11.8 Å². The molecule has 3 N–H and O–H groups in total. The summed E-state index contributed by atoms with van der Waals surface area (Å²) in [4.78, 5) is 30.1. The third-order valence-corrected chi connectivity index (χ3v) is 7.66. The minimum absolute atomic E-state index is 0.0125. The maximum Gasteiger partial charge on any atom is 0.243 e. The van der Waals surface area contributed by atoms with Crippen LogP contribution in [-0.2, 0) is 22.6 Å². The molecule has 4 rings (SSSR count). The Bertz CT molecular complexity index is 970. The van der Waals surface area contributed by atoms with Crippen molar-refractivity contribution in [2.45, 2.75) is 83.1 Å². The molecule has 188 valence electrons. The standard InChI is InChI=1S/C29H40N4O2/c1-21-8-10-24(11-9-21)19-32(17-16-23-6-4-3-5-7-23)27-18-28(33(20-27)22(2)34)29(35)31-26-14-12-25(30)13-15-26/h3-11,25-28H,12-20,30H2,1-2H3,(H,31,35). The van der Waals surface area contributed by atoms with Gasteiger partial charge < -0.3 is 16.0 Å². The minimum Gasteiger partial charge on any atom is -0.352 e. The fourth-order valence-electron chi connectivity index (χ4n) is 5.47. The fraction of sp³-hybridized carbons (Fsp3) is 0.517. The lowest BCUT2D eigenvalue weighted by Gasteiger charge is -2.29. The van der Waals surface area contributed by atoms with Crippen molar-refractivity contribution in [1.29, 1.82) is 0 Å². The second-order valence-electron chi connectivity index (χ2n) is 10.4. The first-order valence-corrected chi connectivity index (χ1v) is 13.1. The summed E-state index contributed by atoms with van der Waals surface area (Å²) in [5.74, 6) is -0.0434. The normalized spacial score (nSPS) is 24.5. The highest BCUT2D eigenvalue weighted by atomic mass is 16.2. The number of rotatable bonds is 8. The van der Waals surface area contributed by atoms with Crippen LogP contribution in [0.5, 0.6) is 0 Å². The molecule has 0 bridgehead atoms. The van der Waals surface area contributed by atoms with Gasteiger partial charge in [0.05, 0.1) is 0 Å². The van der Waals surface area contributed by atoms with Gasteiger partial charge in [-0.3, -0.25) is 14.5 Å². The zero-order chi connectivity index (χ0) is 24.8. The summed E-state index contributed by atoms with van der Waals surface area (Å²) < 4.78 is 0. The Hall–Kier alpha value is -2.70. The lowest BCUT2D eigenvalue weighted by Crippen LogP contribution is -2.49. The Morgan fingerprint density at radius 2 is 1.69 bits per heavy atom. The first kappa shape index (κ1) is 25.4. The van der Waals surface area contributed by atoms with Crippen LogP contribution in [0.4, 0.5) is 0 Å². The molecule has 2 amide bonds. The quantitative estimate of drug-likeness (QED) is 0.612. The molecule has 2 aromatic rings. The molecule has 0 spiro atoms. The van der Waals surface area contributed by atoms with Crippen molar-refractivity contribution in [1.82, 2.24) is 15.1 Å². The summed E-state index contributed by atoms with van der Waals surface area (Å²) >= 11 is 0. The van der Waals surface area contributed by atoms with E-state index in [1.807, 2.05) is 6.07 Å². The molecule has 2 aromatic carbocycles. The molecule has 0 radical (unpaired) electrons. The van der Waals surface area contributed by atoms with Gasteiger partial charge in [-0.25, -0.2) is 0 Å². The van der Waals surface area contributed by atoms with Crippen LogP contribution in [0.3, 0.4) is 0 Å². The maximum atomic E-state index is 13.3. The van der Waals surface area contributed by atoms with E-state index in [2.05, 4.69) is 65.7 Å². The molecule has 2 unspecified atom stereocenters. The van der Waals surface area contributed by atoms with E-state index in [4.69, 9.17) is 5.73 Å². The maximum absolute atomic E-state index is 13.3. The molecule has 1 aliphatic heterocycles. The first-order chi connectivity index (χ1) is 16.9. The number of likely N-dealkylation sites (tertiary alicyclic amines) is 1. The number of nitrogens with zero attached hydrogens (tertiary/aromatic N) is 2. The van der Waals surface area contributed by atoms with Crippen LogP contribution in [0.2, 0.25) is 0 Å². The van der Waals surface area contributed by atoms with Gasteiger partial charge in [0.25, 0.3) is 0 Å². The summed E-state index contributed by atoms with van der Waals surface area (Å²) in [7, 11) is 0. The van der Waals surface area contributed by atoms with E-state index >= 15 is 0 Å². The van der Waals surface area contributed by atoms with Crippen molar-refractivity contribution in [2.24, 2.45) is 5.73 Å². The smallest absolute Gasteiger partial charge is 0.243 e. The third-order valence-electron chi connectivity index (χ3n) is 7.66. The molecule has 2 atom stereocenters. The van der Waals surface area contributed by atoms with E-state index in [0.29, 0.717) is 13.0 Å². The molecule has 2 aliphatic rings. The highest BCUT2D eigenvalue weighted by Gasteiger charge is 2.41. The Morgan fingerprint density at radius 1 is 1.00 bits per heavy atom. The van der Waals surface area contributed by atoms with Crippen molar-refractivity contribution in [3.63, 3.8) is 0 Å². The van der Waals surface area contributed by atoms with Gasteiger partial charge in [-0.15, -0.1) is 0 Å². The SMILES string of the molecule is CC(=O)N1CC(N(CCc2ccccc2)Cc2ccc(C)cc2)CC1C(=O)NC1CCC(N)CC1. The van der Waals surface area contributed by atoms with E-state index < -0.39 is 6.04 Å². The second kappa shape index (κ2) is 11.8. The van der Waals surface area contributed by atoms with E-state index in [-0.39, 0.29) is 29.9 Å². The fourth-order valence-corrected chi connectivity index (χ4v) is 5.47. The molecule has 6 heteroatoms. The topological polar surface area (TPSA) is 78.7 Å². The van der Waals surface area contributed by atoms with Gasteiger partial charge >= 0.3 is 0 Å². The lowest BCUT2D eigenvalue weighted by molar-refractivity contribution is -0.137. The zero-order valence-electron chi connectivity index (χ0n) is 21.2. The summed E-state index contributed by atoms with van der Waals surface area (Å²) in [6, 6.07) is 19.3. The van der Waals surface area contributed by atoms with Crippen LogP contribution in [-0.4, -0.2) is 58.9 Å². The van der Waals surface area contributed by atoms with Crippen LogP contribution in [0.1, 0.15) is 55.7 Å². The van der Waals surface area contributed by atoms with E-state index in [9.17, 15) is 9.59 Å². The minimum atomic E-state index is -0.412. The van der Waals surface area contributed by atoms with E-state index in [0.717, 1.165) is 45.2 Å². The Kier molecular flexibility index (Phi) is 8.58.